The number of nitro benzene ring substituents is 1. The molecule has 20 heavy (non-hydrogen) atoms. The predicted octanol–water partition coefficient (Wildman–Crippen LogP) is 0.751. The van der Waals surface area contributed by atoms with Gasteiger partial charge < -0.3 is 5.32 Å². The SMILES string of the molecule is CCc1ccc([N+](=O)[O-])cc1S(=O)(=O)N1CCNCC1. The van der Waals surface area contributed by atoms with Crippen molar-refractivity contribution in [2.45, 2.75) is 18.2 Å². The van der Waals surface area contributed by atoms with Gasteiger partial charge in [-0.1, -0.05) is 13.0 Å². The minimum atomic E-state index is -3.67. The van der Waals surface area contributed by atoms with Gasteiger partial charge in [-0.05, 0) is 12.0 Å². The number of nitrogens with zero attached hydrogens (tertiary/aromatic N) is 2. The van der Waals surface area contributed by atoms with Crippen molar-refractivity contribution in [3.63, 3.8) is 0 Å². The van der Waals surface area contributed by atoms with Crippen LogP contribution in [0.3, 0.4) is 0 Å². The molecule has 8 heteroatoms. The second-order valence-electron chi connectivity index (χ2n) is 4.56. The van der Waals surface area contributed by atoms with Gasteiger partial charge in [0.2, 0.25) is 10.0 Å². The van der Waals surface area contributed by atoms with E-state index in [1.54, 1.807) is 0 Å². The molecule has 0 aromatic heterocycles. The largest absolute Gasteiger partial charge is 0.314 e. The molecule has 0 radical (unpaired) electrons. The van der Waals surface area contributed by atoms with Gasteiger partial charge in [-0.2, -0.15) is 4.31 Å². The number of sulfonamides is 1. The van der Waals surface area contributed by atoms with Gasteiger partial charge in [-0.3, -0.25) is 10.1 Å². The number of nitro groups is 1. The van der Waals surface area contributed by atoms with Gasteiger partial charge in [-0.15, -0.1) is 0 Å². The summed E-state index contributed by atoms with van der Waals surface area (Å²) in [5.41, 5.74) is 0.407. The Morgan fingerprint density at radius 2 is 2.00 bits per heavy atom. The normalized spacial score (nSPS) is 17.1. The van der Waals surface area contributed by atoms with Crippen LogP contribution in [0.4, 0.5) is 5.69 Å². The lowest BCUT2D eigenvalue weighted by Gasteiger charge is -2.27. The first kappa shape index (κ1) is 14.9. The quantitative estimate of drug-likeness (QED) is 0.654. The van der Waals surface area contributed by atoms with Crippen LogP contribution in [-0.2, 0) is 16.4 Å². The number of nitrogens with one attached hydrogen (secondary N) is 1. The van der Waals surface area contributed by atoms with E-state index in [0.29, 0.717) is 38.2 Å². The molecule has 0 aliphatic carbocycles. The molecule has 0 spiro atoms. The molecule has 1 heterocycles. The lowest BCUT2D eigenvalue weighted by molar-refractivity contribution is -0.385. The standard InChI is InChI=1S/C12H17N3O4S/c1-2-10-3-4-11(15(16)17)9-12(10)20(18,19)14-7-5-13-6-8-14/h3-4,9,13H,2,5-8H2,1H3. The van der Waals surface area contributed by atoms with Crippen LogP contribution in [0.25, 0.3) is 0 Å². The van der Waals surface area contributed by atoms with Crippen LogP contribution >= 0.6 is 0 Å². The van der Waals surface area contributed by atoms with E-state index in [2.05, 4.69) is 5.32 Å². The molecule has 1 aliphatic rings. The summed E-state index contributed by atoms with van der Waals surface area (Å²) in [6, 6.07) is 4.03. The van der Waals surface area contributed by atoms with E-state index < -0.39 is 14.9 Å². The Labute approximate surface area is 117 Å². The van der Waals surface area contributed by atoms with E-state index in [4.69, 9.17) is 0 Å². The smallest absolute Gasteiger partial charge is 0.270 e. The molecule has 1 fully saturated rings. The molecule has 1 aliphatic heterocycles. The number of hydrogen-bond donors (Lipinski definition) is 1. The van der Waals surface area contributed by atoms with Crippen LogP contribution in [0.15, 0.2) is 23.1 Å². The molecule has 1 saturated heterocycles. The topological polar surface area (TPSA) is 92.5 Å². The first-order valence-corrected chi connectivity index (χ1v) is 7.89. The predicted molar refractivity (Wildman–Crippen MR) is 74.1 cm³/mol. The highest BCUT2D eigenvalue weighted by Gasteiger charge is 2.29. The van der Waals surface area contributed by atoms with Crippen LogP contribution in [0.1, 0.15) is 12.5 Å². The van der Waals surface area contributed by atoms with E-state index in [9.17, 15) is 18.5 Å². The molecule has 1 N–H and O–H groups in total. The minimum Gasteiger partial charge on any atom is -0.314 e. The number of aryl methyl sites for hydroxylation is 1. The zero-order valence-electron chi connectivity index (χ0n) is 11.2. The van der Waals surface area contributed by atoms with Gasteiger partial charge in [0.15, 0.2) is 0 Å². The minimum absolute atomic E-state index is 0.0519. The fourth-order valence-corrected chi connectivity index (χ4v) is 3.97. The molecule has 0 bridgehead atoms. The number of rotatable bonds is 4. The van der Waals surface area contributed by atoms with Crippen molar-refractivity contribution in [2.75, 3.05) is 26.2 Å². The summed E-state index contributed by atoms with van der Waals surface area (Å²) in [5.74, 6) is 0. The highest BCUT2D eigenvalue weighted by molar-refractivity contribution is 7.89. The van der Waals surface area contributed by atoms with Crippen molar-refractivity contribution in [1.82, 2.24) is 9.62 Å². The molecule has 1 aromatic carbocycles. The third-order valence-electron chi connectivity index (χ3n) is 3.34. The molecule has 0 amide bonds. The number of hydrogen-bond acceptors (Lipinski definition) is 5. The first-order valence-electron chi connectivity index (χ1n) is 6.45. The second kappa shape index (κ2) is 5.86. The summed E-state index contributed by atoms with van der Waals surface area (Å²) in [6.07, 6.45) is 0.513. The summed E-state index contributed by atoms with van der Waals surface area (Å²) < 4.78 is 26.6. The van der Waals surface area contributed by atoms with E-state index in [0.717, 1.165) is 6.07 Å². The van der Waals surface area contributed by atoms with Gasteiger partial charge in [0.05, 0.1) is 9.82 Å². The van der Waals surface area contributed by atoms with Crippen LogP contribution in [-0.4, -0.2) is 43.8 Å². The molecular formula is C12H17N3O4S. The van der Waals surface area contributed by atoms with Crippen molar-refractivity contribution in [3.8, 4) is 0 Å². The molecule has 0 atom stereocenters. The average Bonchev–Trinajstić information content (AvgIpc) is 2.47. The molecule has 110 valence electrons. The van der Waals surface area contributed by atoms with Gasteiger partial charge in [0.25, 0.3) is 5.69 Å². The van der Waals surface area contributed by atoms with Crippen LogP contribution in [0.2, 0.25) is 0 Å². The van der Waals surface area contributed by atoms with Crippen molar-refractivity contribution in [1.29, 1.82) is 0 Å². The molecule has 0 saturated carbocycles. The van der Waals surface area contributed by atoms with Gasteiger partial charge >= 0.3 is 0 Å². The maximum absolute atomic E-state index is 12.6. The van der Waals surface area contributed by atoms with Crippen LogP contribution in [0.5, 0.6) is 0 Å². The second-order valence-corrected chi connectivity index (χ2v) is 6.46. The third-order valence-corrected chi connectivity index (χ3v) is 5.32. The van der Waals surface area contributed by atoms with Gasteiger partial charge in [-0.25, -0.2) is 8.42 Å². The Balaban J connectivity index is 2.48. The zero-order chi connectivity index (χ0) is 14.8. The summed E-state index contributed by atoms with van der Waals surface area (Å²) in [5, 5.41) is 13.9. The third kappa shape index (κ3) is 2.82. The van der Waals surface area contributed by atoms with E-state index in [1.165, 1.54) is 16.4 Å². The van der Waals surface area contributed by atoms with Crippen molar-refractivity contribution in [2.24, 2.45) is 0 Å². The monoisotopic (exact) mass is 299 g/mol. The Morgan fingerprint density at radius 1 is 1.35 bits per heavy atom. The van der Waals surface area contributed by atoms with Crippen molar-refractivity contribution >= 4 is 15.7 Å². The van der Waals surface area contributed by atoms with E-state index in [-0.39, 0.29) is 10.6 Å². The number of non-ortho nitro benzene ring substituents is 1. The maximum Gasteiger partial charge on any atom is 0.270 e. The van der Waals surface area contributed by atoms with Crippen molar-refractivity contribution < 1.29 is 13.3 Å². The number of piperazine rings is 1. The Morgan fingerprint density at radius 3 is 2.55 bits per heavy atom. The molecule has 2 rings (SSSR count). The highest BCUT2D eigenvalue weighted by atomic mass is 32.2. The molecular weight excluding hydrogens is 282 g/mol. The lowest BCUT2D eigenvalue weighted by atomic mass is 10.1. The fourth-order valence-electron chi connectivity index (χ4n) is 2.21. The van der Waals surface area contributed by atoms with E-state index >= 15 is 0 Å². The van der Waals surface area contributed by atoms with Crippen molar-refractivity contribution in [3.05, 3.63) is 33.9 Å². The van der Waals surface area contributed by atoms with E-state index in [1.807, 2.05) is 6.92 Å². The van der Waals surface area contributed by atoms with Gasteiger partial charge in [0.1, 0.15) is 0 Å². The first-order chi connectivity index (χ1) is 9.46. The van der Waals surface area contributed by atoms with Crippen LogP contribution in [0, 0.1) is 10.1 Å². The van der Waals surface area contributed by atoms with Crippen LogP contribution < -0.4 is 5.32 Å². The Hall–Kier alpha value is -1.51. The summed E-state index contributed by atoms with van der Waals surface area (Å²) in [7, 11) is -3.67. The Kier molecular flexibility index (Phi) is 4.36. The highest BCUT2D eigenvalue weighted by Crippen LogP contribution is 2.25. The summed E-state index contributed by atoms with van der Waals surface area (Å²) in [4.78, 5) is 10.3. The fraction of sp³-hybridized carbons (Fsp3) is 0.500. The summed E-state index contributed by atoms with van der Waals surface area (Å²) >= 11 is 0. The zero-order valence-corrected chi connectivity index (χ0v) is 12.0. The number of benzene rings is 1. The van der Waals surface area contributed by atoms with Gasteiger partial charge in [0, 0.05) is 38.3 Å². The molecule has 7 nitrogen and oxygen atoms in total. The maximum atomic E-state index is 12.6. The molecule has 1 aromatic rings. The lowest BCUT2D eigenvalue weighted by Crippen LogP contribution is -2.46. The summed E-state index contributed by atoms with van der Waals surface area (Å²) in [6.45, 7) is 3.78. The Bertz CT molecular complexity index is 609. The molecule has 0 unspecified atom stereocenters. The average molecular weight is 299 g/mol.